The van der Waals surface area contributed by atoms with Crippen molar-refractivity contribution in [3.05, 3.63) is 106 Å². The first-order valence-corrected chi connectivity index (χ1v) is 56.6. The minimum absolute atomic E-state index is 0.0805. The van der Waals surface area contributed by atoms with Gasteiger partial charge >= 0.3 is 0 Å². The van der Waals surface area contributed by atoms with Gasteiger partial charge < -0.3 is 30.6 Å². The molecule has 0 radical (unpaired) electrons. The first-order chi connectivity index (χ1) is 62.5. The molecule has 0 amide bonds. The predicted octanol–water partition coefficient (Wildman–Crippen LogP) is 27.7. The van der Waals surface area contributed by atoms with Crippen LogP contribution >= 0.6 is 15.9 Å². The van der Waals surface area contributed by atoms with Crippen molar-refractivity contribution in [2.24, 2.45) is 175 Å². The summed E-state index contributed by atoms with van der Waals surface area (Å²) in [5, 5.41) is 62.8. The van der Waals surface area contributed by atoms with Crippen molar-refractivity contribution in [2.45, 2.75) is 400 Å². The molecule has 22 rings (SSSR count). The minimum atomic E-state index is -0.726. The maximum absolute atomic E-state index is 15.1. The van der Waals surface area contributed by atoms with Gasteiger partial charge in [-0.15, -0.1) is 0 Å². The smallest absolute Gasteiger partial charge is 0.150 e. The van der Waals surface area contributed by atoms with Gasteiger partial charge in [0.05, 0.1) is 58.6 Å². The normalized spacial score (nSPS) is 48.9. The molecule has 35 atom stereocenters. The molecule has 13 heteroatoms. The quantitative estimate of drug-likeness (QED) is 0.0880. The fourth-order valence-electron chi connectivity index (χ4n) is 38.9. The highest BCUT2D eigenvalue weighted by molar-refractivity contribution is 9.09. The Morgan fingerprint density at radius 1 is 0.348 bits per heavy atom. The van der Waals surface area contributed by atoms with Crippen LogP contribution in [0, 0.1) is 175 Å². The molecular formula is C119H182BrF3N2O7. The molecule has 2 aliphatic heterocycles. The Labute approximate surface area is 806 Å². The first kappa shape index (κ1) is 99.4. The van der Waals surface area contributed by atoms with E-state index >= 15 is 13.2 Å². The number of hydrogen-bond donors (Lipinski definition) is 6. The van der Waals surface area contributed by atoms with Crippen molar-refractivity contribution in [1.82, 2.24) is 9.80 Å². The van der Waals surface area contributed by atoms with Crippen LogP contribution in [0.25, 0.3) is 0 Å². The van der Waals surface area contributed by atoms with Crippen molar-refractivity contribution < 1.29 is 48.6 Å². The lowest BCUT2D eigenvalue weighted by molar-refractivity contribution is -0.130. The molecule has 2 saturated heterocycles. The molecule has 22 aliphatic rings. The largest absolute Gasteiger partial charge is 0.392 e. The Bertz CT molecular complexity index is 4210. The number of alkyl halides is 1. The number of aliphatic hydroxyl groups is 6. The van der Waals surface area contributed by atoms with Crippen LogP contribution in [-0.2, 0) is 4.79 Å². The molecule has 0 aromatic carbocycles. The van der Waals surface area contributed by atoms with Crippen LogP contribution in [0.2, 0.25) is 0 Å². The van der Waals surface area contributed by atoms with E-state index in [2.05, 4.69) is 106 Å². The van der Waals surface area contributed by atoms with Crippen molar-refractivity contribution >= 4 is 21.7 Å². The Morgan fingerprint density at radius 3 is 0.985 bits per heavy atom. The first-order valence-electron chi connectivity index (χ1n) is 55.5. The minimum Gasteiger partial charge on any atom is -0.392 e. The van der Waals surface area contributed by atoms with Gasteiger partial charge in [0.25, 0.3) is 0 Å². The highest BCUT2D eigenvalue weighted by Crippen LogP contribution is 2.72. The molecule has 0 aromatic rings. The summed E-state index contributed by atoms with van der Waals surface area (Å²) in [6.45, 7) is 48.4. The third kappa shape index (κ3) is 18.7. The standard InChI is InChI=1S/C27H43NO.C26H41NO2.C22H32BrFO.C22H33FO2.C22H33FO/c1-19(18-28-15-5-4-6-16-28)24-9-10-25-23-8-7-20-17-26(2,29)13-11-21(20)22(23)12-14-27(24,25)3;1-25(29)12-10-19-18(16-25)6-7-21-20(19)11-13-26(2)22(21)8-9-23(26)24(28)17-27-14-4-3-5-15-27;1-13(12-23)18-4-5-19-16-10-20(24)17-11-21(2,25)8-6-15(17)14(16)7-9-22(18,19)3;1-13(12-24)18-4-5-19-16-10-20(23)17-11-21(2,25)8-6-15(17)14(16)7-9-22(18,19)3;1-13(2)18-5-6-19-16-11-20(23)17-12-21(3,24)9-7-15(17)14(16)8-10-22(18,19)4/h7,21-25,29H,1,4-6,8-18H2,2-3H3;6,19-23,29H,3-5,7-17H2,1-2H3;14-16,18-19,25H,1,4-12H2,2-3H3;14-16,18-19,24-25H,1,4-12H2,2-3H3;14-16,18-19,24H,1,5-12H2,2-4H3/t21-,22+,23+,24+,25-,26+,27+;19-,20+,21+,22-,23+,25+,26-;3*14-,15-,16-,18-,19+,21-,22-/m00111/s1. The van der Waals surface area contributed by atoms with Crippen LogP contribution < -0.4 is 0 Å². The summed E-state index contributed by atoms with van der Waals surface area (Å²) in [5.41, 5.74) is 9.73. The van der Waals surface area contributed by atoms with Crippen molar-refractivity contribution in [2.75, 3.05) is 51.2 Å². The number of nitrogens with zero attached hydrogens (tertiary/aromatic N) is 2. The second kappa shape index (κ2) is 38.2. The molecule has 17 fully saturated rings. The van der Waals surface area contributed by atoms with Crippen LogP contribution in [-0.4, -0.2) is 125 Å². The highest BCUT2D eigenvalue weighted by Gasteiger charge is 2.65. The van der Waals surface area contributed by atoms with Crippen molar-refractivity contribution in [3.8, 4) is 0 Å². The molecule has 9 nitrogen and oxygen atoms in total. The number of Topliss-reactive ketones (excluding diaryl/α,β-unsaturated/α-hetero) is 1. The van der Waals surface area contributed by atoms with E-state index in [4.69, 9.17) is 0 Å². The summed E-state index contributed by atoms with van der Waals surface area (Å²) in [6, 6.07) is 0. The second-order valence-corrected chi connectivity index (χ2v) is 53.9. The number of rotatable bonds is 11. The molecule has 132 heavy (non-hydrogen) atoms. The van der Waals surface area contributed by atoms with Crippen LogP contribution in [0.5, 0.6) is 0 Å². The summed E-state index contributed by atoms with van der Waals surface area (Å²) in [7, 11) is 0. The van der Waals surface area contributed by atoms with Gasteiger partial charge in [-0.3, -0.25) is 14.6 Å². The van der Waals surface area contributed by atoms with E-state index in [0.29, 0.717) is 168 Å². The predicted molar refractivity (Wildman–Crippen MR) is 535 cm³/mol. The van der Waals surface area contributed by atoms with Gasteiger partial charge in [0.2, 0.25) is 0 Å². The number of ketones is 1. The van der Waals surface area contributed by atoms with Crippen LogP contribution in [0.1, 0.15) is 372 Å². The van der Waals surface area contributed by atoms with Gasteiger partial charge in [-0.25, -0.2) is 13.2 Å². The number of fused-ring (bicyclic) bond motifs is 25. The Hall–Kier alpha value is -2.72. The number of carbonyl (C=O) groups is 1. The van der Waals surface area contributed by atoms with Gasteiger partial charge in [-0.2, -0.15) is 0 Å². The zero-order chi connectivity index (χ0) is 93.7. The maximum atomic E-state index is 15.1. The number of hydrogen-bond acceptors (Lipinski definition) is 9. The molecule has 0 unspecified atom stereocenters. The van der Waals surface area contributed by atoms with E-state index in [1.165, 1.54) is 191 Å². The third-order valence-electron chi connectivity index (χ3n) is 45.3. The summed E-state index contributed by atoms with van der Waals surface area (Å²) in [4.78, 5) is 18.5. The second-order valence-electron chi connectivity index (χ2n) is 53.3. The number of allylic oxidation sites excluding steroid dienone is 7. The summed E-state index contributed by atoms with van der Waals surface area (Å²) < 4.78 is 45.2. The summed E-state index contributed by atoms with van der Waals surface area (Å²) in [5.74, 6) is 16.3. The summed E-state index contributed by atoms with van der Waals surface area (Å²) in [6.07, 6.45) is 55.7. The molecule has 738 valence electrons. The van der Waals surface area contributed by atoms with E-state index in [1.54, 1.807) is 16.7 Å². The van der Waals surface area contributed by atoms with E-state index in [0.717, 1.165) is 184 Å². The monoisotopic (exact) mass is 1890 g/mol. The SMILES string of the molecule is C=C(C)[C@H]1CC[C@H]2[C@@H]3CC(F)=C4C[C@](C)(O)CC[C@@H]4[C@H]3CC[C@]12C.C=C(CBr)[C@H]1CC[C@H]2[C@@H]3CC(F)=C4C[C@](C)(O)CC[C@@H]4[C@H]3CC[C@]12C.C=C(CN1CCCCC1)[C@H]1CC[C@H]2[C@@H]3CC=C4C[C@](C)(O)CC[C@@H]4[C@H]3CC[C@]12C.C=C(CO)[C@H]1CC[C@H]2[C@@H]3CC(F)=C4C[C@](C)(O)CC[C@@H]4[C@H]3CC[C@]12C.C[C@@]1(O)CC[C@H]2C(=CC[C@@H]3[C@@H]2CC[C@]2(C)[C@@H](C(=O)CN4CCCCC4)CC[C@@H]32)C1. The fourth-order valence-corrected chi connectivity index (χ4v) is 39.3. The average Bonchev–Trinajstić information content (AvgIpc) is 1.45. The highest BCUT2D eigenvalue weighted by atomic mass is 79.9. The van der Waals surface area contributed by atoms with Gasteiger partial charge in [0, 0.05) is 37.1 Å². The lowest BCUT2D eigenvalue weighted by atomic mass is 9.51. The molecule has 15 saturated carbocycles. The van der Waals surface area contributed by atoms with Crippen molar-refractivity contribution in [1.29, 1.82) is 0 Å². The van der Waals surface area contributed by atoms with Crippen LogP contribution in [0.15, 0.2) is 106 Å². The van der Waals surface area contributed by atoms with Gasteiger partial charge in [0.1, 0.15) is 5.78 Å². The topological polar surface area (TPSA) is 145 Å². The molecule has 2 heterocycles. The summed E-state index contributed by atoms with van der Waals surface area (Å²) >= 11 is 3.61. The lowest BCUT2D eigenvalue weighted by Gasteiger charge is -2.54. The van der Waals surface area contributed by atoms with Crippen LogP contribution in [0.4, 0.5) is 13.2 Å². The van der Waals surface area contributed by atoms with Gasteiger partial charge in [0.15, 0.2) is 0 Å². The Balaban J connectivity index is 0.000000111. The van der Waals surface area contributed by atoms with E-state index in [-0.39, 0.29) is 34.9 Å². The molecule has 0 aromatic heterocycles. The fraction of sp³-hybridized carbons (Fsp3) is 0.840. The van der Waals surface area contributed by atoms with Gasteiger partial charge in [-0.05, 0) is 522 Å². The third-order valence-corrected chi connectivity index (χ3v) is 46.1. The van der Waals surface area contributed by atoms with Crippen molar-refractivity contribution in [3.63, 3.8) is 0 Å². The number of aliphatic hydroxyl groups excluding tert-OH is 1. The molecular weight excluding hydrogens is 1710 g/mol. The number of likely N-dealkylation sites (tertiary alicyclic amines) is 2. The van der Waals surface area contributed by atoms with E-state index < -0.39 is 28.0 Å². The zero-order valence-corrected chi connectivity index (χ0v) is 86.2. The number of halogens is 4. The molecule has 20 aliphatic carbocycles. The Morgan fingerprint density at radius 2 is 0.636 bits per heavy atom. The molecule has 0 spiro atoms. The lowest BCUT2D eigenvalue weighted by Crippen LogP contribution is -2.49. The molecule has 6 N–H and O–H groups in total. The maximum Gasteiger partial charge on any atom is 0.150 e. The Kier molecular flexibility index (Phi) is 28.8. The van der Waals surface area contributed by atoms with E-state index in [9.17, 15) is 35.4 Å². The average molecular weight is 1890 g/mol. The van der Waals surface area contributed by atoms with Crippen LogP contribution in [0.3, 0.4) is 0 Å². The van der Waals surface area contributed by atoms with Gasteiger partial charge in [-0.1, -0.05) is 130 Å². The van der Waals surface area contributed by atoms with E-state index in [1.807, 2.05) is 34.6 Å². The molecule has 0 bridgehead atoms. The number of piperidine rings is 2. The number of carbonyl (C=O) groups excluding carboxylic acids is 1. The zero-order valence-electron chi connectivity index (χ0n) is 84.6.